The summed E-state index contributed by atoms with van der Waals surface area (Å²) in [6.45, 7) is 15.3. The number of benzene rings is 1. The first-order valence-corrected chi connectivity index (χ1v) is 14.9. The number of aliphatic hydroxyl groups is 2. The van der Waals surface area contributed by atoms with Gasteiger partial charge >= 0.3 is 17.9 Å². The van der Waals surface area contributed by atoms with E-state index < -0.39 is 77.5 Å². The summed E-state index contributed by atoms with van der Waals surface area (Å²) in [6.07, 6.45) is -4.45. The van der Waals surface area contributed by atoms with Gasteiger partial charge in [-0.3, -0.25) is 4.79 Å². The van der Waals surface area contributed by atoms with Crippen LogP contribution in [0.5, 0.6) is 0 Å². The lowest BCUT2D eigenvalue weighted by Gasteiger charge is -2.51. The number of fused-ring (bicyclic) bond motifs is 2. The summed E-state index contributed by atoms with van der Waals surface area (Å²) >= 11 is 0. The fourth-order valence-electron chi connectivity index (χ4n) is 5.82. The summed E-state index contributed by atoms with van der Waals surface area (Å²) in [4.78, 5) is 39.3. The van der Waals surface area contributed by atoms with Gasteiger partial charge < -0.3 is 33.9 Å². The molecule has 2 aliphatic heterocycles. The van der Waals surface area contributed by atoms with Crippen LogP contribution in [0.25, 0.3) is 0 Å². The molecule has 0 aromatic heterocycles. The Balaban J connectivity index is 1.97. The SMILES string of the molecule is C=C(CCC12OC(CF)C(O)(C(=O)OC(C)(C)C)C(C(=O)OC(C)(C)C)(C[C@H]1O)O2)[C@@H](OC(C)=O)[C@H](C)Cc1ccccc1. The number of carbonyl (C=O) groups is 3. The number of halogens is 1. The maximum absolute atomic E-state index is 14.7. The molecule has 1 aromatic rings. The average Bonchev–Trinajstić information content (AvgIpc) is 3.16. The molecular formula is C33H47FO10. The minimum Gasteiger partial charge on any atom is -0.458 e. The lowest BCUT2D eigenvalue weighted by atomic mass is 9.76. The van der Waals surface area contributed by atoms with Gasteiger partial charge in [-0.1, -0.05) is 43.8 Å². The molecule has 11 heteroatoms. The highest BCUT2D eigenvalue weighted by Crippen LogP contribution is 2.56. The Kier molecular flexibility index (Phi) is 10.4. The number of ether oxygens (including phenoxy) is 5. The molecule has 3 rings (SSSR count). The van der Waals surface area contributed by atoms with E-state index in [0.717, 1.165) is 5.56 Å². The third-order valence-electron chi connectivity index (χ3n) is 7.74. The zero-order valence-electron chi connectivity index (χ0n) is 27.0. The second-order valence-electron chi connectivity index (χ2n) is 13.8. The molecule has 0 radical (unpaired) electrons. The van der Waals surface area contributed by atoms with Crippen molar-refractivity contribution in [3.8, 4) is 0 Å². The predicted octanol–water partition coefficient (Wildman–Crippen LogP) is 4.13. The Morgan fingerprint density at radius 3 is 2.16 bits per heavy atom. The van der Waals surface area contributed by atoms with E-state index in [9.17, 15) is 29.0 Å². The van der Waals surface area contributed by atoms with Crippen LogP contribution >= 0.6 is 0 Å². The first-order chi connectivity index (χ1) is 20.2. The number of esters is 3. The van der Waals surface area contributed by atoms with E-state index in [2.05, 4.69) is 6.58 Å². The quantitative estimate of drug-likeness (QED) is 0.211. The van der Waals surface area contributed by atoms with Gasteiger partial charge in [0.25, 0.3) is 0 Å². The van der Waals surface area contributed by atoms with Gasteiger partial charge in [0.2, 0.25) is 11.2 Å². The molecule has 4 unspecified atom stereocenters. The van der Waals surface area contributed by atoms with Gasteiger partial charge in [0.05, 0.1) is 0 Å². The minimum atomic E-state index is -3.00. The van der Waals surface area contributed by atoms with Crippen molar-refractivity contribution in [2.24, 2.45) is 5.92 Å². The van der Waals surface area contributed by atoms with Gasteiger partial charge in [0, 0.05) is 25.7 Å². The second-order valence-corrected chi connectivity index (χ2v) is 13.8. The Bertz CT molecular complexity index is 1220. The van der Waals surface area contributed by atoms with Crippen molar-refractivity contribution < 1.29 is 52.7 Å². The summed E-state index contributed by atoms with van der Waals surface area (Å²) in [5.74, 6) is -5.26. The molecule has 2 fully saturated rings. The molecule has 1 aromatic carbocycles. The summed E-state index contributed by atoms with van der Waals surface area (Å²) in [5.41, 5.74) is -6.28. The summed E-state index contributed by atoms with van der Waals surface area (Å²) in [5, 5.41) is 23.3. The standard InChI is InChI=1S/C33H47FO10/c1-20(26(40-22(3)35)21(2)17-23-13-11-10-12-14-23)15-16-32-24(36)18-31(44-32,27(37)42-29(4,5)6)33(39,25(19-34)41-32)28(38)43-30(7,8)9/h10-14,21,24-26,36,39H,1,15-19H2,2-9H3/t21-,24-,25?,26-,31?,32?,33?/m1/s1. The average molecular weight is 623 g/mol. The molecule has 7 atom stereocenters. The number of carbonyl (C=O) groups excluding carboxylic acids is 3. The second kappa shape index (κ2) is 12.9. The van der Waals surface area contributed by atoms with Crippen LogP contribution in [0.3, 0.4) is 0 Å². The third-order valence-corrected chi connectivity index (χ3v) is 7.74. The Morgan fingerprint density at radius 1 is 1.07 bits per heavy atom. The van der Waals surface area contributed by atoms with Gasteiger partial charge in [0.1, 0.15) is 36.2 Å². The molecule has 2 bridgehead atoms. The molecule has 2 aliphatic rings. The van der Waals surface area contributed by atoms with Crippen LogP contribution in [0.15, 0.2) is 42.5 Å². The lowest BCUT2D eigenvalue weighted by molar-refractivity contribution is -0.381. The van der Waals surface area contributed by atoms with Gasteiger partial charge in [0.15, 0.2) is 5.79 Å². The van der Waals surface area contributed by atoms with Crippen molar-refractivity contribution >= 4 is 17.9 Å². The van der Waals surface area contributed by atoms with Gasteiger partial charge in [-0.05, 0) is 65.5 Å². The number of aliphatic hydroxyl groups excluding tert-OH is 1. The molecule has 10 nitrogen and oxygen atoms in total. The van der Waals surface area contributed by atoms with Gasteiger partial charge in [-0.25, -0.2) is 14.0 Å². The highest BCUT2D eigenvalue weighted by Gasteiger charge is 2.80. The first kappa shape index (κ1) is 35.6. The summed E-state index contributed by atoms with van der Waals surface area (Å²) in [7, 11) is 0. The Hall–Kier alpha value is -2.86. The van der Waals surface area contributed by atoms with Crippen molar-refractivity contribution in [1.29, 1.82) is 0 Å². The predicted molar refractivity (Wildman–Crippen MR) is 158 cm³/mol. The molecule has 0 spiro atoms. The number of rotatable bonds is 11. The fourth-order valence-corrected chi connectivity index (χ4v) is 5.82. The molecule has 2 N–H and O–H groups in total. The highest BCUT2D eigenvalue weighted by molar-refractivity contribution is 5.94. The van der Waals surface area contributed by atoms with Gasteiger partial charge in [-0.2, -0.15) is 0 Å². The van der Waals surface area contributed by atoms with Crippen molar-refractivity contribution in [2.45, 2.75) is 128 Å². The molecule has 0 aliphatic carbocycles. The Labute approximate surface area is 258 Å². The lowest BCUT2D eigenvalue weighted by Crippen LogP contribution is -2.75. The maximum Gasteiger partial charge on any atom is 0.345 e. The highest BCUT2D eigenvalue weighted by atomic mass is 19.1. The van der Waals surface area contributed by atoms with Crippen LogP contribution in [0.2, 0.25) is 0 Å². The van der Waals surface area contributed by atoms with E-state index >= 15 is 0 Å². The van der Waals surface area contributed by atoms with E-state index in [1.165, 1.54) is 6.92 Å². The van der Waals surface area contributed by atoms with Crippen LogP contribution in [0, 0.1) is 5.92 Å². The molecule has 2 heterocycles. The normalized spacial score (nSPS) is 29.8. The van der Waals surface area contributed by atoms with Crippen LogP contribution in [-0.2, 0) is 44.5 Å². The zero-order chi connectivity index (χ0) is 33.3. The molecular weight excluding hydrogens is 575 g/mol. The molecule has 0 saturated carbocycles. The van der Waals surface area contributed by atoms with Crippen LogP contribution in [0.1, 0.15) is 80.2 Å². The van der Waals surface area contributed by atoms with Crippen LogP contribution in [-0.4, -0.2) is 81.3 Å². The largest absolute Gasteiger partial charge is 0.458 e. The van der Waals surface area contributed by atoms with E-state index in [0.29, 0.717) is 12.0 Å². The fraction of sp³-hybridized carbons (Fsp3) is 0.667. The topological polar surface area (TPSA) is 138 Å². The summed E-state index contributed by atoms with van der Waals surface area (Å²) < 4.78 is 43.4. The molecule has 246 valence electrons. The third kappa shape index (κ3) is 7.33. The van der Waals surface area contributed by atoms with Gasteiger partial charge in [-0.15, -0.1) is 0 Å². The van der Waals surface area contributed by atoms with Crippen LogP contribution in [0.4, 0.5) is 4.39 Å². The van der Waals surface area contributed by atoms with Crippen molar-refractivity contribution in [1.82, 2.24) is 0 Å². The first-order valence-electron chi connectivity index (χ1n) is 14.9. The monoisotopic (exact) mass is 622 g/mol. The van der Waals surface area contributed by atoms with Crippen molar-refractivity contribution in [2.75, 3.05) is 6.67 Å². The van der Waals surface area contributed by atoms with E-state index in [1.54, 1.807) is 41.5 Å². The number of hydrogen-bond donors (Lipinski definition) is 2. The number of alkyl halides is 1. The van der Waals surface area contributed by atoms with Crippen molar-refractivity contribution in [3.63, 3.8) is 0 Å². The molecule has 0 amide bonds. The van der Waals surface area contributed by atoms with Crippen molar-refractivity contribution in [3.05, 3.63) is 48.0 Å². The van der Waals surface area contributed by atoms with E-state index in [-0.39, 0.29) is 18.8 Å². The Morgan fingerprint density at radius 2 is 1.64 bits per heavy atom. The molecule has 2 saturated heterocycles. The van der Waals surface area contributed by atoms with Crippen LogP contribution < -0.4 is 0 Å². The summed E-state index contributed by atoms with van der Waals surface area (Å²) in [6, 6.07) is 9.64. The maximum atomic E-state index is 14.7. The minimum absolute atomic E-state index is 0.0579. The zero-order valence-corrected chi connectivity index (χ0v) is 27.0. The van der Waals surface area contributed by atoms with E-state index in [1.807, 2.05) is 37.3 Å². The molecule has 44 heavy (non-hydrogen) atoms. The smallest absolute Gasteiger partial charge is 0.345 e. The number of hydrogen-bond acceptors (Lipinski definition) is 10. The van der Waals surface area contributed by atoms with E-state index in [4.69, 9.17) is 23.7 Å².